The van der Waals surface area contributed by atoms with Gasteiger partial charge in [0.25, 0.3) is 0 Å². The van der Waals surface area contributed by atoms with E-state index in [9.17, 15) is 0 Å². The summed E-state index contributed by atoms with van der Waals surface area (Å²) in [5, 5.41) is 0. The molecule has 4 rings (SSSR count). The molecular formula is C22H27NO5. The van der Waals surface area contributed by atoms with Gasteiger partial charge in [-0.2, -0.15) is 0 Å². The minimum Gasteiger partial charge on any atom is -0.493 e. The van der Waals surface area contributed by atoms with Crippen molar-refractivity contribution in [3.8, 4) is 23.0 Å². The third kappa shape index (κ3) is 4.18. The predicted molar refractivity (Wildman–Crippen MR) is 105 cm³/mol. The fourth-order valence-corrected chi connectivity index (χ4v) is 3.88. The highest BCUT2D eigenvalue weighted by molar-refractivity contribution is 5.47. The maximum atomic E-state index is 5.89. The van der Waals surface area contributed by atoms with Gasteiger partial charge in [-0.3, -0.25) is 4.90 Å². The highest BCUT2D eigenvalue weighted by Crippen LogP contribution is 2.34. The predicted octanol–water partition coefficient (Wildman–Crippen LogP) is 3.61. The van der Waals surface area contributed by atoms with Crippen molar-refractivity contribution in [2.24, 2.45) is 0 Å². The molecule has 0 bridgehead atoms. The van der Waals surface area contributed by atoms with Crippen LogP contribution >= 0.6 is 0 Å². The molecule has 2 aromatic rings. The number of rotatable bonds is 8. The average Bonchev–Trinajstić information content (AvgIpc) is 3.39. The molecule has 0 saturated carbocycles. The highest BCUT2D eigenvalue weighted by Gasteiger charge is 2.22. The van der Waals surface area contributed by atoms with E-state index in [4.69, 9.17) is 23.7 Å². The molecule has 6 nitrogen and oxygen atoms in total. The summed E-state index contributed by atoms with van der Waals surface area (Å²) in [7, 11) is 3.35. The fourth-order valence-electron chi connectivity index (χ4n) is 3.88. The number of benzene rings is 2. The number of methoxy groups -OCH3 is 2. The van der Waals surface area contributed by atoms with E-state index in [1.807, 2.05) is 18.2 Å². The Bertz CT molecular complexity index is 804. The molecule has 1 fully saturated rings. The summed E-state index contributed by atoms with van der Waals surface area (Å²) < 4.78 is 28.0. The number of hydrogen-bond donors (Lipinski definition) is 0. The van der Waals surface area contributed by atoms with Crippen molar-refractivity contribution in [3.63, 3.8) is 0 Å². The molecule has 1 atom stereocenters. The van der Waals surface area contributed by atoms with E-state index >= 15 is 0 Å². The molecule has 0 radical (unpaired) electrons. The Morgan fingerprint density at radius 2 is 1.93 bits per heavy atom. The lowest BCUT2D eigenvalue weighted by molar-refractivity contribution is 0.0676. The molecule has 0 amide bonds. The van der Waals surface area contributed by atoms with Gasteiger partial charge >= 0.3 is 0 Å². The first-order valence-electron chi connectivity index (χ1n) is 9.69. The Kier molecular flexibility index (Phi) is 5.88. The normalized spacial score (nSPS) is 17.9. The van der Waals surface area contributed by atoms with Crippen LogP contribution in [0.5, 0.6) is 23.0 Å². The zero-order chi connectivity index (χ0) is 19.3. The van der Waals surface area contributed by atoms with Crippen molar-refractivity contribution in [1.82, 2.24) is 4.90 Å². The number of nitrogens with zero attached hydrogens (tertiary/aromatic N) is 1. The van der Waals surface area contributed by atoms with Crippen molar-refractivity contribution in [1.29, 1.82) is 0 Å². The summed E-state index contributed by atoms with van der Waals surface area (Å²) in [4.78, 5) is 2.39. The molecule has 1 saturated heterocycles. The van der Waals surface area contributed by atoms with Gasteiger partial charge in [-0.15, -0.1) is 0 Å². The Hall–Kier alpha value is -2.44. The van der Waals surface area contributed by atoms with Crippen molar-refractivity contribution in [2.75, 3.05) is 34.2 Å². The summed E-state index contributed by atoms with van der Waals surface area (Å²) >= 11 is 0. The highest BCUT2D eigenvalue weighted by atomic mass is 16.7. The smallest absolute Gasteiger partial charge is 0.231 e. The Balaban J connectivity index is 1.55. The molecule has 1 unspecified atom stereocenters. The van der Waals surface area contributed by atoms with Crippen molar-refractivity contribution in [2.45, 2.75) is 32.0 Å². The number of hydrogen-bond acceptors (Lipinski definition) is 6. The molecule has 2 aliphatic rings. The van der Waals surface area contributed by atoms with Crippen LogP contribution in [0.15, 0.2) is 36.4 Å². The number of para-hydroxylation sites is 1. The van der Waals surface area contributed by atoms with Crippen LogP contribution in [-0.2, 0) is 17.8 Å². The number of ether oxygens (including phenoxy) is 5. The van der Waals surface area contributed by atoms with Gasteiger partial charge in [0.15, 0.2) is 23.0 Å². The summed E-state index contributed by atoms with van der Waals surface area (Å²) in [5.41, 5.74) is 2.28. The molecule has 2 aromatic carbocycles. The van der Waals surface area contributed by atoms with Crippen LogP contribution in [0.4, 0.5) is 0 Å². The first kappa shape index (κ1) is 18.9. The molecule has 0 aliphatic carbocycles. The van der Waals surface area contributed by atoms with Gasteiger partial charge in [-0.1, -0.05) is 18.2 Å². The molecule has 0 aromatic heterocycles. The van der Waals surface area contributed by atoms with Crippen LogP contribution in [0.2, 0.25) is 0 Å². The maximum absolute atomic E-state index is 5.89. The van der Waals surface area contributed by atoms with Crippen LogP contribution in [0.25, 0.3) is 0 Å². The summed E-state index contributed by atoms with van der Waals surface area (Å²) in [6, 6.07) is 12.1. The Morgan fingerprint density at radius 3 is 2.71 bits per heavy atom. The quantitative estimate of drug-likeness (QED) is 0.692. The molecule has 28 heavy (non-hydrogen) atoms. The largest absolute Gasteiger partial charge is 0.493 e. The summed E-state index contributed by atoms with van der Waals surface area (Å²) in [5.74, 6) is 3.16. The van der Waals surface area contributed by atoms with Gasteiger partial charge in [0.2, 0.25) is 6.79 Å². The van der Waals surface area contributed by atoms with Crippen LogP contribution in [-0.4, -0.2) is 45.2 Å². The first-order chi connectivity index (χ1) is 13.8. The standard InChI is InChI=1S/C22H27NO5/c1-24-20-7-3-5-17(22(20)25-2)13-23(14-18-6-4-10-26-18)12-16-8-9-19-21(11-16)28-15-27-19/h3,5,7-9,11,18H,4,6,10,12-15H2,1-2H3. The van der Waals surface area contributed by atoms with Crippen LogP contribution in [0, 0.1) is 0 Å². The lowest BCUT2D eigenvalue weighted by Gasteiger charge is -2.26. The first-order valence-corrected chi connectivity index (χ1v) is 9.69. The van der Waals surface area contributed by atoms with E-state index in [0.29, 0.717) is 6.79 Å². The second-order valence-corrected chi connectivity index (χ2v) is 7.14. The summed E-state index contributed by atoms with van der Waals surface area (Å²) in [6.45, 7) is 3.55. The Morgan fingerprint density at radius 1 is 1.04 bits per heavy atom. The average molecular weight is 385 g/mol. The van der Waals surface area contributed by atoms with Gasteiger partial charge in [0.1, 0.15) is 0 Å². The van der Waals surface area contributed by atoms with Crippen LogP contribution < -0.4 is 18.9 Å². The van der Waals surface area contributed by atoms with Crippen molar-refractivity contribution >= 4 is 0 Å². The third-order valence-corrected chi connectivity index (χ3v) is 5.21. The van der Waals surface area contributed by atoms with E-state index in [-0.39, 0.29) is 6.10 Å². The SMILES string of the molecule is COc1cccc(CN(Cc2ccc3c(c2)OCO3)CC2CCCO2)c1OC. The van der Waals surface area contributed by atoms with E-state index in [1.165, 1.54) is 5.56 Å². The molecular weight excluding hydrogens is 358 g/mol. The van der Waals surface area contributed by atoms with Gasteiger partial charge in [-0.25, -0.2) is 0 Å². The zero-order valence-corrected chi connectivity index (χ0v) is 16.5. The van der Waals surface area contributed by atoms with Gasteiger partial charge < -0.3 is 23.7 Å². The molecule has 0 N–H and O–H groups in total. The zero-order valence-electron chi connectivity index (χ0n) is 16.5. The molecule has 150 valence electrons. The van der Waals surface area contributed by atoms with Gasteiger partial charge in [0.05, 0.1) is 20.3 Å². The Labute approximate surface area is 165 Å². The minimum absolute atomic E-state index is 0.269. The van der Waals surface area contributed by atoms with Gasteiger partial charge in [-0.05, 0) is 36.6 Å². The minimum atomic E-state index is 0.269. The van der Waals surface area contributed by atoms with Crippen molar-refractivity contribution in [3.05, 3.63) is 47.5 Å². The van der Waals surface area contributed by atoms with Crippen LogP contribution in [0.1, 0.15) is 24.0 Å². The lowest BCUT2D eigenvalue weighted by Crippen LogP contribution is -2.31. The van der Waals surface area contributed by atoms with E-state index in [0.717, 1.165) is 67.6 Å². The fraction of sp³-hybridized carbons (Fsp3) is 0.455. The molecule has 6 heteroatoms. The topological polar surface area (TPSA) is 49.4 Å². The van der Waals surface area contributed by atoms with Gasteiger partial charge in [0, 0.05) is 31.8 Å². The molecule has 0 spiro atoms. The van der Waals surface area contributed by atoms with Crippen molar-refractivity contribution < 1.29 is 23.7 Å². The second kappa shape index (κ2) is 8.71. The second-order valence-electron chi connectivity index (χ2n) is 7.14. The third-order valence-electron chi connectivity index (χ3n) is 5.21. The summed E-state index contributed by atoms with van der Waals surface area (Å²) in [6.07, 6.45) is 2.50. The lowest BCUT2D eigenvalue weighted by atomic mass is 10.1. The molecule has 2 aliphatic heterocycles. The van der Waals surface area contributed by atoms with E-state index in [1.54, 1.807) is 14.2 Å². The van der Waals surface area contributed by atoms with E-state index < -0.39 is 0 Å². The van der Waals surface area contributed by atoms with E-state index in [2.05, 4.69) is 23.1 Å². The molecule has 2 heterocycles. The number of fused-ring (bicyclic) bond motifs is 1. The maximum Gasteiger partial charge on any atom is 0.231 e. The monoisotopic (exact) mass is 385 g/mol. The van der Waals surface area contributed by atoms with Crippen LogP contribution in [0.3, 0.4) is 0 Å².